The van der Waals surface area contributed by atoms with Crippen LogP contribution in [0.5, 0.6) is 0 Å². The second-order valence-electron chi connectivity index (χ2n) is 7.26. The van der Waals surface area contributed by atoms with Crippen LogP contribution in [0.15, 0.2) is 24.3 Å². The second kappa shape index (κ2) is 8.88. The van der Waals surface area contributed by atoms with E-state index in [0.29, 0.717) is 16.2 Å². The van der Waals surface area contributed by atoms with Crippen LogP contribution in [0.4, 0.5) is 18.9 Å². The van der Waals surface area contributed by atoms with Gasteiger partial charge in [-0.05, 0) is 45.0 Å². The number of aromatic carboxylic acids is 1. The van der Waals surface area contributed by atoms with E-state index in [4.69, 9.17) is 23.2 Å². The monoisotopic (exact) mass is 477 g/mol. The number of thiophene rings is 1. The second-order valence-corrected chi connectivity index (χ2v) is 9.16. The molecule has 1 aromatic heterocycles. The van der Waals surface area contributed by atoms with Crippen LogP contribution in [-0.2, 0) is 0 Å². The highest BCUT2D eigenvalue weighted by Gasteiger charge is 2.37. The van der Waals surface area contributed by atoms with Crippen LogP contribution in [0.25, 0.3) is 0 Å². The number of hydrogen-bond donors (Lipinski definition) is 1. The molecular formula is C20H16Cl2F3NO3S. The minimum atomic E-state index is -4.79. The summed E-state index contributed by atoms with van der Waals surface area (Å²) in [4.78, 5) is 24.7. The number of hydrogen-bond acceptors (Lipinski definition) is 3. The number of carbonyl (C=O) groups excluding carboxylic acids is 1. The number of alkyl halides is 3. The fraction of sp³-hybridized carbons (Fsp3) is 0.300. The minimum absolute atomic E-state index is 0.153. The van der Waals surface area contributed by atoms with Crippen molar-refractivity contribution in [2.45, 2.75) is 26.9 Å². The van der Waals surface area contributed by atoms with Crippen molar-refractivity contribution in [1.29, 1.82) is 0 Å². The number of carboxylic acid groups (broad SMARTS) is 1. The summed E-state index contributed by atoms with van der Waals surface area (Å²) in [5.74, 6) is 3.07. The summed E-state index contributed by atoms with van der Waals surface area (Å²) >= 11 is 12.5. The maximum absolute atomic E-state index is 13.3. The molecule has 0 spiro atoms. The third kappa shape index (κ3) is 6.39. The summed E-state index contributed by atoms with van der Waals surface area (Å²) in [6.45, 7) is 3.78. The Morgan fingerprint density at radius 3 is 2.30 bits per heavy atom. The molecule has 1 heterocycles. The molecule has 2 rings (SSSR count). The molecule has 160 valence electrons. The van der Waals surface area contributed by atoms with E-state index in [1.807, 2.05) is 20.8 Å². The fourth-order valence-electron chi connectivity index (χ4n) is 2.30. The highest BCUT2D eigenvalue weighted by molar-refractivity contribution is 7.15. The van der Waals surface area contributed by atoms with E-state index in [2.05, 4.69) is 11.8 Å². The molecule has 1 aromatic carbocycles. The van der Waals surface area contributed by atoms with Gasteiger partial charge in [-0.15, -0.1) is 11.3 Å². The first-order valence-electron chi connectivity index (χ1n) is 8.42. The normalized spacial score (nSPS) is 11.6. The van der Waals surface area contributed by atoms with Crippen molar-refractivity contribution in [2.75, 3.05) is 11.4 Å². The molecule has 4 nitrogen and oxygen atoms in total. The van der Waals surface area contributed by atoms with Crippen molar-refractivity contribution in [2.24, 2.45) is 5.41 Å². The van der Waals surface area contributed by atoms with Gasteiger partial charge in [-0.25, -0.2) is 4.79 Å². The highest BCUT2D eigenvalue weighted by Crippen LogP contribution is 2.35. The first kappa shape index (κ1) is 24.1. The number of anilines is 1. The number of amides is 1. The molecule has 0 saturated heterocycles. The van der Waals surface area contributed by atoms with Crippen molar-refractivity contribution in [3.05, 3.63) is 49.6 Å². The first-order valence-corrected chi connectivity index (χ1v) is 9.99. The van der Waals surface area contributed by atoms with Crippen LogP contribution < -0.4 is 4.90 Å². The summed E-state index contributed by atoms with van der Waals surface area (Å²) in [5, 5.41) is 9.54. The lowest BCUT2D eigenvalue weighted by Gasteiger charge is -2.24. The van der Waals surface area contributed by atoms with Gasteiger partial charge in [0.1, 0.15) is 11.4 Å². The molecule has 2 aromatic rings. The molecule has 0 atom stereocenters. The third-order valence-electron chi connectivity index (χ3n) is 3.50. The lowest BCUT2D eigenvalue weighted by Crippen LogP contribution is -2.39. The highest BCUT2D eigenvalue weighted by atomic mass is 35.5. The van der Waals surface area contributed by atoms with E-state index in [9.17, 15) is 27.9 Å². The zero-order valence-electron chi connectivity index (χ0n) is 16.0. The summed E-state index contributed by atoms with van der Waals surface area (Å²) in [6.07, 6.45) is -4.79. The van der Waals surface area contributed by atoms with E-state index in [0.717, 1.165) is 0 Å². The van der Waals surface area contributed by atoms with Crippen LogP contribution in [0, 0.1) is 17.3 Å². The van der Waals surface area contributed by atoms with Crippen molar-refractivity contribution in [3.63, 3.8) is 0 Å². The van der Waals surface area contributed by atoms with E-state index >= 15 is 0 Å². The largest absolute Gasteiger partial charge is 0.477 e. The van der Waals surface area contributed by atoms with Crippen LogP contribution in [0.1, 0.15) is 45.7 Å². The molecule has 0 aliphatic heterocycles. The molecule has 10 heteroatoms. The first-order chi connectivity index (χ1) is 13.7. The number of benzene rings is 1. The van der Waals surface area contributed by atoms with Gasteiger partial charge < -0.3 is 5.11 Å². The Hall–Kier alpha value is -2.21. The number of nitrogens with zero attached hydrogens (tertiary/aromatic N) is 1. The Morgan fingerprint density at radius 2 is 1.80 bits per heavy atom. The van der Waals surface area contributed by atoms with Gasteiger partial charge in [0, 0.05) is 10.4 Å². The maximum atomic E-state index is 13.3. The molecule has 0 aliphatic carbocycles. The Bertz CT molecular complexity index is 1050. The summed E-state index contributed by atoms with van der Waals surface area (Å²) in [6, 6.07) is 4.87. The molecule has 0 fully saturated rings. The van der Waals surface area contributed by atoms with E-state index < -0.39 is 40.6 Å². The molecule has 30 heavy (non-hydrogen) atoms. The molecule has 1 amide bonds. The Kier molecular flexibility index (Phi) is 7.12. The van der Waals surface area contributed by atoms with Crippen LogP contribution >= 0.6 is 34.5 Å². The summed E-state index contributed by atoms with van der Waals surface area (Å²) in [5.41, 5.74) is -1.06. The zero-order chi connectivity index (χ0) is 22.9. The van der Waals surface area contributed by atoms with Gasteiger partial charge in [-0.2, -0.15) is 13.2 Å². The van der Waals surface area contributed by atoms with Crippen LogP contribution in [0.2, 0.25) is 10.0 Å². The number of halogens is 5. The van der Waals surface area contributed by atoms with Crippen LogP contribution in [-0.4, -0.2) is 29.7 Å². The lowest BCUT2D eigenvalue weighted by atomic mass is 9.98. The SMILES string of the molecule is CC(C)(C)C#Cc1cc(N(CC(F)(F)F)C(=O)c2ccc(Cl)cc2Cl)c(C(=O)O)s1. The van der Waals surface area contributed by atoms with Gasteiger partial charge in [0.25, 0.3) is 5.91 Å². The van der Waals surface area contributed by atoms with Gasteiger partial charge in [0.05, 0.1) is 21.2 Å². The lowest BCUT2D eigenvalue weighted by molar-refractivity contribution is -0.118. The van der Waals surface area contributed by atoms with Gasteiger partial charge in [-0.1, -0.05) is 35.0 Å². The summed E-state index contributed by atoms with van der Waals surface area (Å²) in [7, 11) is 0. The van der Waals surface area contributed by atoms with Crippen molar-refractivity contribution in [1.82, 2.24) is 0 Å². The molecular weight excluding hydrogens is 462 g/mol. The third-order valence-corrected chi connectivity index (χ3v) is 5.08. The zero-order valence-corrected chi connectivity index (χ0v) is 18.4. The smallest absolute Gasteiger partial charge is 0.406 e. The Morgan fingerprint density at radius 1 is 1.17 bits per heavy atom. The number of rotatable bonds is 4. The van der Waals surface area contributed by atoms with Gasteiger partial charge in [-0.3, -0.25) is 9.69 Å². The van der Waals surface area contributed by atoms with Crippen molar-refractivity contribution >= 4 is 52.1 Å². The number of carbonyl (C=O) groups is 2. The van der Waals surface area contributed by atoms with E-state index in [-0.39, 0.29) is 20.5 Å². The maximum Gasteiger partial charge on any atom is 0.406 e. The van der Waals surface area contributed by atoms with E-state index in [1.165, 1.54) is 24.3 Å². The molecule has 1 N–H and O–H groups in total. The predicted octanol–water partition coefficient (Wildman–Crippen LogP) is 6.36. The topological polar surface area (TPSA) is 57.6 Å². The average Bonchev–Trinajstić information content (AvgIpc) is 3.00. The molecule has 0 aliphatic rings. The number of carboxylic acids is 1. The molecule has 0 bridgehead atoms. The standard InChI is InChI=1S/C20H16Cl2F3NO3S/c1-19(2,3)7-6-12-9-15(16(30-12)18(28)29)26(10-20(23,24)25)17(27)13-5-4-11(21)8-14(13)22/h4-5,8-9H,10H2,1-3H3,(H,28,29). The Balaban J connectivity index is 2.63. The Labute approximate surface area is 185 Å². The average molecular weight is 478 g/mol. The summed E-state index contributed by atoms with van der Waals surface area (Å²) < 4.78 is 39.8. The molecule has 0 saturated carbocycles. The fourth-order valence-corrected chi connectivity index (χ4v) is 3.64. The van der Waals surface area contributed by atoms with Gasteiger partial charge in [0.2, 0.25) is 0 Å². The van der Waals surface area contributed by atoms with E-state index in [1.54, 1.807) is 0 Å². The predicted molar refractivity (Wildman–Crippen MR) is 112 cm³/mol. The van der Waals surface area contributed by atoms with Crippen LogP contribution in [0.3, 0.4) is 0 Å². The van der Waals surface area contributed by atoms with Crippen molar-refractivity contribution < 1.29 is 27.9 Å². The van der Waals surface area contributed by atoms with Gasteiger partial charge >= 0.3 is 12.1 Å². The minimum Gasteiger partial charge on any atom is -0.477 e. The molecule has 0 unspecified atom stereocenters. The molecule has 0 radical (unpaired) electrons. The van der Waals surface area contributed by atoms with Gasteiger partial charge in [0.15, 0.2) is 0 Å². The van der Waals surface area contributed by atoms with Crippen molar-refractivity contribution in [3.8, 4) is 11.8 Å². The quantitative estimate of drug-likeness (QED) is 0.521.